The number of benzene rings is 1. The number of ether oxygens (including phenoxy) is 1. The van der Waals surface area contributed by atoms with E-state index in [1.54, 1.807) is 0 Å². The molecule has 0 radical (unpaired) electrons. The molecule has 0 spiro atoms. The molecule has 0 amide bonds. The summed E-state index contributed by atoms with van der Waals surface area (Å²) in [7, 11) is 0. The Bertz CT molecular complexity index is 360. The number of unbranched alkanes of at least 4 members (excludes halogenated alkanes) is 1. The average molecular weight is 326 g/mol. The van der Waals surface area contributed by atoms with Crippen LogP contribution in [0.15, 0.2) is 28.7 Å². The molecule has 106 valence electrons. The molecule has 1 aliphatic rings. The van der Waals surface area contributed by atoms with Gasteiger partial charge in [0.05, 0.1) is 6.61 Å². The maximum Gasteiger partial charge on any atom is 0.0591 e. The van der Waals surface area contributed by atoms with Crippen LogP contribution in [0.3, 0.4) is 0 Å². The van der Waals surface area contributed by atoms with E-state index in [9.17, 15) is 0 Å². The molecule has 0 atom stereocenters. The first kappa shape index (κ1) is 15.0. The zero-order valence-electron chi connectivity index (χ0n) is 11.7. The van der Waals surface area contributed by atoms with Crippen LogP contribution in [0.2, 0.25) is 0 Å². The van der Waals surface area contributed by atoms with E-state index >= 15 is 0 Å². The molecule has 0 aliphatic heterocycles. The Morgan fingerprint density at radius 2 is 1.95 bits per heavy atom. The standard InChI is InChI=1S/C16H24BrNO/c1-2-3-9-19-10-8-18-16-11-14(12-16)13-4-6-15(17)7-5-13/h4-7,14,16,18H,2-3,8-12H2,1H3. The fourth-order valence-electron chi connectivity index (χ4n) is 2.48. The molecule has 0 heterocycles. The molecule has 0 unspecified atom stereocenters. The van der Waals surface area contributed by atoms with Gasteiger partial charge < -0.3 is 10.1 Å². The van der Waals surface area contributed by atoms with Crippen LogP contribution in [0.4, 0.5) is 0 Å². The zero-order valence-corrected chi connectivity index (χ0v) is 13.3. The van der Waals surface area contributed by atoms with Gasteiger partial charge in [-0.25, -0.2) is 0 Å². The lowest BCUT2D eigenvalue weighted by atomic mass is 9.76. The SMILES string of the molecule is CCCCOCCNC1CC(c2ccc(Br)cc2)C1. The highest BCUT2D eigenvalue weighted by Crippen LogP contribution is 2.37. The predicted molar refractivity (Wildman–Crippen MR) is 83.6 cm³/mol. The molecule has 1 N–H and O–H groups in total. The molecule has 1 aliphatic carbocycles. The van der Waals surface area contributed by atoms with E-state index in [0.29, 0.717) is 6.04 Å². The molecule has 2 nitrogen and oxygen atoms in total. The lowest BCUT2D eigenvalue weighted by Crippen LogP contribution is -2.41. The van der Waals surface area contributed by atoms with Crippen molar-refractivity contribution in [1.29, 1.82) is 0 Å². The Kier molecular flexibility index (Phi) is 6.35. The van der Waals surface area contributed by atoms with Crippen LogP contribution in [0.5, 0.6) is 0 Å². The highest BCUT2D eigenvalue weighted by atomic mass is 79.9. The molecule has 2 rings (SSSR count). The van der Waals surface area contributed by atoms with Gasteiger partial charge in [-0.15, -0.1) is 0 Å². The normalized spacial score (nSPS) is 22.2. The van der Waals surface area contributed by atoms with Gasteiger partial charge in [-0.3, -0.25) is 0 Å². The van der Waals surface area contributed by atoms with Crippen LogP contribution in [-0.2, 0) is 4.74 Å². The van der Waals surface area contributed by atoms with E-state index in [-0.39, 0.29) is 0 Å². The van der Waals surface area contributed by atoms with Crippen molar-refractivity contribution in [3.63, 3.8) is 0 Å². The van der Waals surface area contributed by atoms with Gasteiger partial charge in [0.15, 0.2) is 0 Å². The smallest absolute Gasteiger partial charge is 0.0591 e. The average Bonchev–Trinajstić information content (AvgIpc) is 2.37. The summed E-state index contributed by atoms with van der Waals surface area (Å²) in [6.45, 7) is 4.93. The number of halogens is 1. The van der Waals surface area contributed by atoms with E-state index in [4.69, 9.17) is 4.74 Å². The Hall–Kier alpha value is -0.380. The van der Waals surface area contributed by atoms with Gasteiger partial charge in [0.1, 0.15) is 0 Å². The van der Waals surface area contributed by atoms with Crippen LogP contribution in [-0.4, -0.2) is 25.8 Å². The van der Waals surface area contributed by atoms with Gasteiger partial charge in [0.2, 0.25) is 0 Å². The summed E-state index contributed by atoms with van der Waals surface area (Å²) in [4.78, 5) is 0. The topological polar surface area (TPSA) is 21.3 Å². The molecule has 0 bridgehead atoms. The first-order valence-corrected chi connectivity index (χ1v) is 8.15. The molecule has 1 aromatic carbocycles. The second-order valence-electron chi connectivity index (χ2n) is 5.34. The van der Waals surface area contributed by atoms with Crippen molar-refractivity contribution in [2.75, 3.05) is 19.8 Å². The summed E-state index contributed by atoms with van der Waals surface area (Å²) < 4.78 is 6.71. The second kappa shape index (κ2) is 8.03. The third kappa shape index (κ3) is 4.90. The van der Waals surface area contributed by atoms with Crippen LogP contribution in [0.1, 0.15) is 44.1 Å². The highest BCUT2D eigenvalue weighted by molar-refractivity contribution is 9.10. The maximum absolute atomic E-state index is 5.55. The molecule has 0 saturated heterocycles. The third-order valence-corrected chi connectivity index (χ3v) is 4.33. The predicted octanol–water partition coefficient (Wildman–Crippen LogP) is 4.10. The maximum atomic E-state index is 5.55. The minimum absolute atomic E-state index is 0.684. The van der Waals surface area contributed by atoms with Crippen molar-refractivity contribution in [2.24, 2.45) is 0 Å². The Morgan fingerprint density at radius 3 is 2.63 bits per heavy atom. The van der Waals surface area contributed by atoms with Crippen molar-refractivity contribution in [3.05, 3.63) is 34.3 Å². The van der Waals surface area contributed by atoms with Gasteiger partial charge >= 0.3 is 0 Å². The number of nitrogens with one attached hydrogen (secondary N) is 1. The monoisotopic (exact) mass is 325 g/mol. The summed E-state index contributed by atoms with van der Waals surface area (Å²) in [5.41, 5.74) is 1.47. The molecule has 1 aromatic rings. The summed E-state index contributed by atoms with van der Waals surface area (Å²) in [6.07, 6.45) is 4.91. The molecule has 19 heavy (non-hydrogen) atoms. The molecule has 0 aromatic heterocycles. The summed E-state index contributed by atoms with van der Waals surface area (Å²) >= 11 is 3.48. The van der Waals surface area contributed by atoms with Crippen molar-refractivity contribution in [2.45, 2.75) is 44.6 Å². The number of rotatable bonds is 8. The number of hydrogen-bond acceptors (Lipinski definition) is 2. The van der Waals surface area contributed by atoms with E-state index in [1.165, 1.54) is 31.2 Å². The largest absolute Gasteiger partial charge is 0.380 e. The first-order valence-electron chi connectivity index (χ1n) is 7.36. The minimum atomic E-state index is 0.684. The van der Waals surface area contributed by atoms with Crippen molar-refractivity contribution < 1.29 is 4.74 Å². The van der Waals surface area contributed by atoms with E-state index in [0.717, 1.165) is 30.1 Å². The van der Waals surface area contributed by atoms with Gasteiger partial charge in [-0.05, 0) is 42.9 Å². The fourth-order valence-corrected chi connectivity index (χ4v) is 2.74. The van der Waals surface area contributed by atoms with Crippen LogP contribution < -0.4 is 5.32 Å². The van der Waals surface area contributed by atoms with E-state index < -0.39 is 0 Å². The van der Waals surface area contributed by atoms with Gasteiger partial charge in [-0.2, -0.15) is 0 Å². The summed E-state index contributed by atoms with van der Waals surface area (Å²) in [6, 6.07) is 9.43. The zero-order chi connectivity index (χ0) is 13.5. The lowest BCUT2D eigenvalue weighted by Gasteiger charge is -2.36. The third-order valence-electron chi connectivity index (χ3n) is 3.80. The van der Waals surface area contributed by atoms with Crippen LogP contribution >= 0.6 is 15.9 Å². The molecular weight excluding hydrogens is 302 g/mol. The second-order valence-corrected chi connectivity index (χ2v) is 6.25. The van der Waals surface area contributed by atoms with Gasteiger partial charge in [0, 0.05) is 23.7 Å². The highest BCUT2D eigenvalue weighted by Gasteiger charge is 2.29. The van der Waals surface area contributed by atoms with Crippen LogP contribution in [0, 0.1) is 0 Å². The molecular formula is C16H24BrNO. The van der Waals surface area contributed by atoms with Crippen LogP contribution in [0.25, 0.3) is 0 Å². The van der Waals surface area contributed by atoms with Gasteiger partial charge in [0.25, 0.3) is 0 Å². The quantitative estimate of drug-likeness (QED) is 0.726. The number of hydrogen-bond donors (Lipinski definition) is 1. The first-order chi connectivity index (χ1) is 9.29. The minimum Gasteiger partial charge on any atom is -0.380 e. The van der Waals surface area contributed by atoms with E-state index in [2.05, 4.69) is 52.4 Å². The van der Waals surface area contributed by atoms with Crippen molar-refractivity contribution in [1.82, 2.24) is 5.32 Å². The van der Waals surface area contributed by atoms with Gasteiger partial charge in [-0.1, -0.05) is 41.4 Å². The molecule has 1 fully saturated rings. The molecule has 1 saturated carbocycles. The Balaban J connectivity index is 1.55. The van der Waals surface area contributed by atoms with Crippen molar-refractivity contribution >= 4 is 15.9 Å². The van der Waals surface area contributed by atoms with E-state index in [1.807, 2.05) is 0 Å². The van der Waals surface area contributed by atoms with Crippen molar-refractivity contribution in [3.8, 4) is 0 Å². The summed E-state index contributed by atoms with van der Waals surface area (Å²) in [5.74, 6) is 0.742. The Morgan fingerprint density at radius 1 is 1.21 bits per heavy atom. The molecule has 3 heteroatoms. The Labute approximate surface area is 125 Å². The fraction of sp³-hybridized carbons (Fsp3) is 0.625. The summed E-state index contributed by atoms with van der Waals surface area (Å²) in [5, 5.41) is 3.57. The lowest BCUT2D eigenvalue weighted by molar-refractivity contribution is 0.126.